The average molecular weight is 837 g/mol. The molecule has 320 valence electrons. The summed E-state index contributed by atoms with van der Waals surface area (Å²) in [6.07, 6.45) is 2.39. The quantitative estimate of drug-likeness (QED) is 0.0680. The van der Waals surface area contributed by atoms with Gasteiger partial charge in [-0.15, -0.1) is 0 Å². The molecule has 20 heteroatoms. The summed E-state index contributed by atoms with van der Waals surface area (Å²) < 4.78 is 16.1. The summed E-state index contributed by atoms with van der Waals surface area (Å²) in [6.45, 7) is 4.59. The van der Waals surface area contributed by atoms with Gasteiger partial charge < -0.3 is 58.0 Å². The lowest BCUT2D eigenvalue weighted by Crippen LogP contribution is -2.41. The molecular formula is C41H48N12O8. The fourth-order valence-corrected chi connectivity index (χ4v) is 6.56. The second kappa shape index (κ2) is 19.8. The average Bonchev–Trinajstić information content (AvgIpc) is 3.23. The Kier molecular flexibility index (Phi) is 14.4. The van der Waals surface area contributed by atoms with Crippen molar-refractivity contribution in [3.05, 3.63) is 82.7 Å². The van der Waals surface area contributed by atoms with Gasteiger partial charge in [-0.2, -0.15) is 15.0 Å². The van der Waals surface area contributed by atoms with Gasteiger partial charge in [0.15, 0.2) is 28.5 Å². The van der Waals surface area contributed by atoms with E-state index < -0.39 is 23.9 Å². The fraction of sp³-hybridized carbons (Fsp3) is 0.293. The molecule has 6 aromatic rings. The molecule has 2 atom stereocenters. The molecule has 0 radical (unpaired) electrons. The van der Waals surface area contributed by atoms with E-state index in [1.807, 2.05) is 38.1 Å². The number of aryl methyl sites for hydroxylation is 1. The maximum atomic E-state index is 12.5. The number of nitrogens with zero attached hydrogens (tertiary/aromatic N) is 6. The minimum Gasteiger partial charge on any atom is -0.493 e. The Hall–Kier alpha value is -7.77. The SMILES string of the molecule is CCC(Cc1cnc2nc(N)nc(N)c2n1)c1ccc(C(=O)N[C@@H](CCC(=O)O)C(=O)O)cc1.COc1cc(NCc2ccc3nc(N)nc(N)c3c2C)cc(OC)c1OC. The van der Waals surface area contributed by atoms with Crippen LogP contribution in [-0.2, 0) is 22.6 Å². The van der Waals surface area contributed by atoms with Gasteiger partial charge in [-0.1, -0.05) is 25.1 Å². The molecule has 0 saturated heterocycles. The third kappa shape index (κ3) is 10.8. The molecule has 3 aromatic carbocycles. The molecule has 61 heavy (non-hydrogen) atoms. The van der Waals surface area contributed by atoms with Crippen molar-refractivity contribution in [1.82, 2.24) is 35.2 Å². The highest BCUT2D eigenvalue weighted by Crippen LogP contribution is 2.40. The number of amides is 1. The maximum absolute atomic E-state index is 12.5. The number of hydrogen-bond donors (Lipinski definition) is 8. The molecule has 0 aliphatic heterocycles. The van der Waals surface area contributed by atoms with Crippen molar-refractivity contribution in [3.8, 4) is 17.2 Å². The van der Waals surface area contributed by atoms with Crippen LogP contribution in [0.15, 0.2) is 54.7 Å². The second-order valence-electron chi connectivity index (χ2n) is 13.7. The van der Waals surface area contributed by atoms with Crippen LogP contribution in [-0.4, -0.2) is 85.3 Å². The molecule has 0 aliphatic carbocycles. The van der Waals surface area contributed by atoms with Crippen LogP contribution in [0.2, 0.25) is 0 Å². The standard InChI is InChI=1S/C22H25N7O5.C19H23N5O3/c1-2-11(9-14-10-25-19-17(26-14)18(23)28-22(24)29-19)12-3-5-13(6-4-12)20(32)27-15(21(33)34)7-8-16(30)31;1-10-11(5-6-13-16(10)18(20)24-19(21)23-13)9-22-12-7-14(25-2)17(27-4)15(8-12)26-3/h3-6,10-11,15H,2,7-9H2,1H3,(H,27,32)(H,30,31)(H,33,34)(H4,23,24,25,28,29);5-8,22H,9H2,1-4H3,(H4,20,21,23,24)/t11?,15-;/m0./s1. The number of fused-ring (bicyclic) bond motifs is 2. The molecule has 20 nitrogen and oxygen atoms in total. The van der Waals surface area contributed by atoms with Crippen LogP contribution in [0.3, 0.4) is 0 Å². The lowest BCUT2D eigenvalue weighted by molar-refractivity contribution is -0.140. The van der Waals surface area contributed by atoms with Gasteiger partial charge in [0, 0.05) is 41.7 Å². The zero-order valence-corrected chi connectivity index (χ0v) is 34.2. The van der Waals surface area contributed by atoms with Gasteiger partial charge in [0.1, 0.15) is 11.9 Å². The van der Waals surface area contributed by atoms with E-state index in [2.05, 4.69) is 40.5 Å². The van der Waals surface area contributed by atoms with E-state index in [4.69, 9.17) is 42.3 Å². The van der Waals surface area contributed by atoms with Gasteiger partial charge in [-0.05, 0) is 67.0 Å². The van der Waals surface area contributed by atoms with Crippen molar-refractivity contribution in [3.63, 3.8) is 0 Å². The number of methoxy groups -OCH3 is 3. The summed E-state index contributed by atoms with van der Waals surface area (Å²) in [7, 11) is 4.75. The second-order valence-corrected chi connectivity index (χ2v) is 13.7. The Morgan fingerprint density at radius 2 is 1.48 bits per heavy atom. The molecule has 1 amide bonds. The van der Waals surface area contributed by atoms with Crippen LogP contribution in [0, 0.1) is 6.92 Å². The Morgan fingerprint density at radius 1 is 0.820 bits per heavy atom. The molecule has 0 saturated carbocycles. The monoisotopic (exact) mass is 836 g/mol. The number of aromatic nitrogens is 6. The van der Waals surface area contributed by atoms with E-state index in [9.17, 15) is 19.5 Å². The lowest BCUT2D eigenvalue weighted by Gasteiger charge is -2.17. The summed E-state index contributed by atoms with van der Waals surface area (Å²) in [6, 6.07) is 13.1. The van der Waals surface area contributed by atoms with Crippen LogP contribution >= 0.6 is 0 Å². The Morgan fingerprint density at radius 3 is 2.08 bits per heavy atom. The predicted octanol–water partition coefficient (Wildman–Crippen LogP) is 4.11. The summed E-state index contributed by atoms with van der Waals surface area (Å²) in [5, 5.41) is 24.5. The van der Waals surface area contributed by atoms with Gasteiger partial charge >= 0.3 is 11.9 Å². The normalized spacial score (nSPS) is 11.8. The number of aliphatic carboxylic acids is 2. The molecule has 12 N–H and O–H groups in total. The summed E-state index contributed by atoms with van der Waals surface area (Å²) >= 11 is 0. The third-order valence-electron chi connectivity index (χ3n) is 9.77. The molecule has 1 unspecified atom stereocenters. The number of nitrogen functional groups attached to an aromatic ring is 4. The molecule has 3 heterocycles. The van der Waals surface area contributed by atoms with E-state index >= 15 is 0 Å². The highest BCUT2D eigenvalue weighted by molar-refractivity contribution is 5.96. The highest BCUT2D eigenvalue weighted by Gasteiger charge is 2.22. The van der Waals surface area contributed by atoms with Gasteiger partial charge in [-0.3, -0.25) is 9.59 Å². The molecule has 0 spiro atoms. The number of anilines is 5. The largest absolute Gasteiger partial charge is 0.493 e. The van der Waals surface area contributed by atoms with Crippen molar-refractivity contribution in [2.75, 3.05) is 49.6 Å². The predicted molar refractivity (Wildman–Crippen MR) is 229 cm³/mol. The highest BCUT2D eigenvalue weighted by atomic mass is 16.5. The van der Waals surface area contributed by atoms with Gasteiger partial charge in [0.25, 0.3) is 5.91 Å². The maximum Gasteiger partial charge on any atom is 0.326 e. The zero-order valence-electron chi connectivity index (χ0n) is 34.2. The van der Waals surface area contributed by atoms with Gasteiger partial charge in [0.2, 0.25) is 17.6 Å². The van der Waals surface area contributed by atoms with Crippen molar-refractivity contribution in [2.24, 2.45) is 0 Å². The Balaban J connectivity index is 0.000000237. The summed E-state index contributed by atoms with van der Waals surface area (Å²) in [5.41, 5.74) is 29.5. The molecule has 0 aliphatic rings. The number of ether oxygens (including phenoxy) is 3. The number of nitrogens with one attached hydrogen (secondary N) is 2. The Labute approximate surface area is 350 Å². The number of rotatable bonds is 16. The van der Waals surface area contributed by atoms with Crippen LogP contribution in [0.1, 0.15) is 64.8 Å². The zero-order chi connectivity index (χ0) is 44.4. The number of benzene rings is 3. The van der Waals surface area contributed by atoms with Crippen molar-refractivity contribution in [1.29, 1.82) is 0 Å². The van der Waals surface area contributed by atoms with E-state index in [-0.39, 0.29) is 42.0 Å². The first-order chi connectivity index (χ1) is 29.1. The lowest BCUT2D eigenvalue weighted by atomic mass is 9.91. The van der Waals surface area contributed by atoms with Crippen LogP contribution in [0.4, 0.5) is 29.2 Å². The number of carboxylic acid groups (broad SMARTS) is 2. The van der Waals surface area contributed by atoms with Crippen LogP contribution in [0.25, 0.3) is 22.1 Å². The molecule has 3 aromatic heterocycles. The molecular weight excluding hydrogens is 789 g/mol. The van der Waals surface area contributed by atoms with Crippen molar-refractivity contribution < 1.29 is 38.8 Å². The number of carboxylic acids is 2. The number of carbonyl (C=O) groups excluding carboxylic acids is 1. The Bertz CT molecular complexity index is 2530. The first-order valence-electron chi connectivity index (χ1n) is 18.9. The topological polar surface area (TPSA) is 325 Å². The van der Waals surface area contributed by atoms with Gasteiger partial charge in [-0.25, -0.2) is 19.7 Å². The number of hydrogen-bond acceptors (Lipinski definition) is 17. The van der Waals surface area contributed by atoms with E-state index in [1.165, 1.54) is 0 Å². The number of nitrogens with two attached hydrogens (primary N) is 4. The van der Waals surface area contributed by atoms with Crippen LogP contribution in [0.5, 0.6) is 17.2 Å². The first kappa shape index (κ1) is 44.3. The molecule has 0 bridgehead atoms. The summed E-state index contributed by atoms with van der Waals surface area (Å²) in [5.74, 6) is -0.488. The van der Waals surface area contributed by atoms with E-state index in [1.54, 1.807) is 51.8 Å². The van der Waals surface area contributed by atoms with Crippen molar-refractivity contribution >= 4 is 69.1 Å². The van der Waals surface area contributed by atoms with E-state index in [0.29, 0.717) is 52.9 Å². The minimum absolute atomic E-state index is 0.0270. The minimum atomic E-state index is -1.29. The van der Waals surface area contributed by atoms with Crippen molar-refractivity contribution in [2.45, 2.75) is 58.0 Å². The number of carbonyl (C=O) groups is 3. The molecule has 6 rings (SSSR count). The first-order valence-corrected chi connectivity index (χ1v) is 18.9. The van der Waals surface area contributed by atoms with Gasteiger partial charge in [0.05, 0.1) is 38.7 Å². The summed E-state index contributed by atoms with van der Waals surface area (Å²) in [4.78, 5) is 59.5. The third-order valence-corrected chi connectivity index (χ3v) is 9.77. The smallest absolute Gasteiger partial charge is 0.326 e. The van der Waals surface area contributed by atoms with Crippen LogP contribution < -0.4 is 47.8 Å². The fourth-order valence-electron chi connectivity index (χ4n) is 6.56. The van der Waals surface area contributed by atoms with E-state index in [0.717, 1.165) is 39.7 Å². The molecule has 0 fully saturated rings.